The minimum atomic E-state index is -0.114. The summed E-state index contributed by atoms with van der Waals surface area (Å²) in [6.07, 6.45) is 3.96. The molecule has 0 radical (unpaired) electrons. The zero-order valence-electron chi connectivity index (χ0n) is 11.6. The summed E-state index contributed by atoms with van der Waals surface area (Å²) in [6.45, 7) is 8.26. The summed E-state index contributed by atoms with van der Waals surface area (Å²) < 4.78 is 0. The van der Waals surface area contributed by atoms with Gasteiger partial charge in [-0.2, -0.15) is 0 Å². The summed E-state index contributed by atoms with van der Waals surface area (Å²) in [4.78, 5) is 0. The molecule has 2 rings (SSSR count). The Morgan fingerprint density at radius 3 is 1.68 bits per heavy atom. The van der Waals surface area contributed by atoms with Crippen molar-refractivity contribution in [2.24, 2.45) is 0 Å². The van der Waals surface area contributed by atoms with Crippen LogP contribution in [0.1, 0.15) is 25.0 Å². The molecule has 0 saturated carbocycles. The number of hydrogen-bond acceptors (Lipinski definition) is 0. The Hall–Kier alpha value is -2.08. The molecule has 0 aliphatic rings. The molecule has 0 unspecified atom stereocenters. The van der Waals surface area contributed by atoms with E-state index in [9.17, 15) is 0 Å². The van der Waals surface area contributed by atoms with E-state index in [2.05, 4.69) is 87.2 Å². The second kappa shape index (κ2) is 5.71. The molecule has 0 aromatic heterocycles. The monoisotopic (exact) mass is 248 g/mol. The van der Waals surface area contributed by atoms with Gasteiger partial charge in [-0.05, 0) is 25.0 Å². The van der Waals surface area contributed by atoms with Crippen LogP contribution in [0.4, 0.5) is 0 Å². The minimum absolute atomic E-state index is 0.114. The van der Waals surface area contributed by atoms with Crippen molar-refractivity contribution in [3.63, 3.8) is 0 Å². The van der Waals surface area contributed by atoms with Crippen LogP contribution in [0.5, 0.6) is 0 Å². The fourth-order valence-electron chi connectivity index (χ4n) is 2.51. The van der Waals surface area contributed by atoms with Gasteiger partial charge >= 0.3 is 0 Å². The van der Waals surface area contributed by atoms with E-state index >= 15 is 0 Å². The third-order valence-corrected chi connectivity index (χ3v) is 3.86. The normalized spacial score (nSPS) is 12.2. The van der Waals surface area contributed by atoms with Gasteiger partial charge in [-0.25, -0.2) is 0 Å². The first kappa shape index (κ1) is 13.4. The average molecular weight is 248 g/mol. The first-order chi connectivity index (χ1) is 9.19. The molecule has 0 bridgehead atoms. The Morgan fingerprint density at radius 1 is 0.895 bits per heavy atom. The van der Waals surface area contributed by atoms with Gasteiger partial charge in [-0.1, -0.05) is 85.0 Å². The second-order valence-corrected chi connectivity index (χ2v) is 4.94. The predicted molar refractivity (Wildman–Crippen MR) is 83.3 cm³/mol. The highest BCUT2D eigenvalue weighted by Gasteiger charge is 2.30. The molecule has 0 saturated heterocycles. The lowest BCUT2D eigenvalue weighted by molar-refractivity contribution is 0.674. The molecule has 2 aromatic rings. The molecule has 0 heteroatoms. The SMILES string of the molecule is C=C/C=C(\C)C(C)(c1ccccc1)c1ccccc1. The van der Waals surface area contributed by atoms with E-state index in [1.165, 1.54) is 16.7 Å². The van der Waals surface area contributed by atoms with Crippen LogP contribution in [-0.2, 0) is 5.41 Å². The molecule has 19 heavy (non-hydrogen) atoms. The highest BCUT2D eigenvalue weighted by Crippen LogP contribution is 2.38. The molecule has 2 aromatic carbocycles. The zero-order chi connectivity index (χ0) is 13.7. The van der Waals surface area contributed by atoms with Crippen LogP contribution in [0.2, 0.25) is 0 Å². The third kappa shape index (κ3) is 2.53. The molecule has 0 heterocycles. The van der Waals surface area contributed by atoms with E-state index in [-0.39, 0.29) is 5.41 Å². The highest BCUT2D eigenvalue weighted by molar-refractivity contribution is 5.47. The molecule has 0 nitrogen and oxygen atoms in total. The summed E-state index contributed by atoms with van der Waals surface area (Å²) in [5.74, 6) is 0. The Balaban J connectivity index is 2.64. The third-order valence-electron chi connectivity index (χ3n) is 3.86. The Morgan fingerprint density at radius 2 is 1.32 bits per heavy atom. The van der Waals surface area contributed by atoms with Crippen molar-refractivity contribution in [3.8, 4) is 0 Å². The van der Waals surface area contributed by atoms with Gasteiger partial charge in [-0.15, -0.1) is 0 Å². The van der Waals surface area contributed by atoms with E-state index in [4.69, 9.17) is 0 Å². The average Bonchev–Trinajstić information content (AvgIpc) is 2.48. The van der Waals surface area contributed by atoms with Crippen LogP contribution in [0.25, 0.3) is 0 Å². The van der Waals surface area contributed by atoms with Crippen molar-refractivity contribution >= 4 is 0 Å². The summed E-state index contributed by atoms with van der Waals surface area (Å²) in [7, 11) is 0. The van der Waals surface area contributed by atoms with E-state index in [1.54, 1.807) is 0 Å². The molecule has 0 fully saturated rings. The molecular weight excluding hydrogens is 228 g/mol. The number of allylic oxidation sites excluding steroid dienone is 3. The fourth-order valence-corrected chi connectivity index (χ4v) is 2.51. The van der Waals surface area contributed by atoms with E-state index in [1.807, 2.05) is 6.08 Å². The molecule has 0 atom stereocenters. The molecule has 0 spiro atoms. The summed E-state index contributed by atoms with van der Waals surface area (Å²) in [5.41, 5.74) is 3.78. The lowest BCUT2D eigenvalue weighted by atomic mass is 9.71. The van der Waals surface area contributed by atoms with Gasteiger partial charge in [0, 0.05) is 5.41 Å². The predicted octanol–water partition coefficient (Wildman–Crippen LogP) is 5.12. The summed E-state index contributed by atoms with van der Waals surface area (Å²) in [5, 5.41) is 0. The van der Waals surface area contributed by atoms with Gasteiger partial charge < -0.3 is 0 Å². The summed E-state index contributed by atoms with van der Waals surface area (Å²) in [6, 6.07) is 21.2. The first-order valence-corrected chi connectivity index (χ1v) is 6.60. The van der Waals surface area contributed by atoms with Crippen molar-refractivity contribution in [2.45, 2.75) is 19.3 Å². The van der Waals surface area contributed by atoms with Gasteiger partial charge in [0.15, 0.2) is 0 Å². The Labute approximate surface area is 116 Å². The molecule has 0 aliphatic carbocycles. The first-order valence-electron chi connectivity index (χ1n) is 6.60. The van der Waals surface area contributed by atoms with Crippen LogP contribution in [0.3, 0.4) is 0 Å². The van der Waals surface area contributed by atoms with Gasteiger partial charge in [0.1, 0.15) is 0 Å². The highest BCUT2D eigenvalue weighted by atomic mass is 14.3. The lowest BCUT2D eigenvalue weighted by Crippen LogP contribution is -2.25. The van der Waals surface area contributed by atoms with E-state index < -0.39 is 0 Å². The quantitative estimate of drug-likeness (QED) is 0.658. The van der Waals surface area contributed by atoms with Crippen molar-refractivity contribution in [2.75, 3.05) is 0 Å². The van der Waals surface area contributed by atoms with Gasteiger partial charge in [0.2, 0.25) is 0 Å². The largest absolute Gasteiger partial charge is 0.0991 e. The maximum atomic E-state index is 3.83. The number of hydrogen-bond donors (Lipinski definition) is 0. The molecule has 0 amide bonds. The second-order valence-electron chi connectivity index (χ2n) is 4.94. The van der Waals surface area contributed by atoms with Crippen LogP contribution in [-0.4, -0.2) is 0 Å². The van der Waals surface area contributed by atoms with E-state index in [0.717, 1.165) is 0 Å². The lowest BCUT2D eigenvalue weighted by Gasteiger charge is -2.32. The number of benzene rings is 2. The maximum absolute atomic E-state index is 3.83. The van der Waals surface area contributed by atoms with E-state index in [0.29, 0.717) is 0 Å². The molecular formula is C19H20. The molecule has 96 valence electrons. The number of rotatable bonds is 4. The van der Waals surface area contributed by atoms with Gasteiger partial charge in [-0.3, -0.25) is 0 Å². The maximum Gasteiger partial charge on any atom is 0.0383 e. The Kier molecular flexibility index (Phi) is 4.01. The standard InChI is InChI=1S/C19H20/c1-4-11-16(2)19(3,17-12-7-5-8-13-17)18-14-9-6-10-15-18/h4-15H,1H2,2-3H3/b16-11+. The fraction of sp³-hybridized carbons (Fsp3) is 0.158. The van der Waals surface area contributed by atoms with Crippen molar-refractivity contribution in [1.82, 2.24) is 0 Å². The topological polar surface area (TPSA) is 0 Å². The zero-order valence-corrected chi connectivity index (χ0v) is 11.6. The van der Waals surface area contributed by atoms with Crippen molar-refractivity contribution in [3.05, 3.63) is 96.1 Å². The van der Waals surface area contributed by atoms with Gasteiger partial charge in [0.25, 0.3) is 0 Å². The van der Waals surface area contributed by atoms with Crippen molar-refractivity contribution in [1.29, 1.82) is 0 Å². The van der Waals surface area contributed by atoms with Gasteiger partial charge in [0.05, 0.1) is 0 Å². The van der Waals surface area contributed by atoms with Crippen molar-refractivity contribution < 1.29 is 0 Å². The molecule has 0 aliphatic heterocycles. The smallest absolute Gasteiger partial charge is 0.0383 e. The van der Waals surface area contributed by atoms with Crippen LogP contribution < -0.4 is 0 Å². The van der Waals surface area contributed by atoms with Crippen LogP contribution in [0.15, 0.2) is 85.0 Å². The minimum Gasteiger partial charge on any atom is -0.0991 e. The summed E-state index contributed by atoms with van der Waals surface area (Å²) >= 11 is 0. The van der Waals surface area contributed by atoms with Crippen LogP contribution in [0, 0.1) is 0 Å². The van der Waals surface area contributed by atoms with Crippen LogP contribution >= 0.6 is 0 Å². The Bertz CT molecular complexity index is 522. The molecule has 0 N–H and O–H groups in total.